The molecule has 0 aliphatic heterocycles. The first-order valence-corrected chi connectivity index (χ1v) is 12.1. The molecule has 2 rings (SSSR count). The number of rotatable bonds is 8. The van der Waals surface area contributed by atoms with Gasteiger partial charge in [-0.05, 0) is 37.0 Å². The standard InChI is InChI=1S/C22H35N5O3S/c1-7-23-20(25-16-22(5,28)18-14-26-27(6)15-18)24-12-13-31(29,30)19-10-8-17(9-11-19)21(2,3)4/h8-11,14-15,28H,7,12-13,16H2,1-6H3,(H2,23,24,25). The van der Waals surface area contributed by atoms with E-state index in [4.69, 9.17) is 0 Å². The number of aromatic nitrogens is 2. The molecule has 0 saturated heterocycles. The van der Waals surface area contributed by atoms with Gasteiger partial charge in [0.2, 0.25) is 0 Å². The van der Waals surface area contributed by atoms with Crippen LogP contribution in [0.4, 0.5) is 0 Å². The highest BCUT2D eigenvalue weighted by molar-refractivity contribution is 7.91. The minimum atomic E-state index is -3.42. The first kappa shape index (κ1) is 24.9. The molecule has 9 heteroatoms. The Morgan fingerprint density at radius 1 is 1.13 bits per heavy atom. The zero-order valence-corrected chi connectivity index (χ0v) is 20.1. The monoisotopic (exact) mass is 449 g/mol. The molecular formula is C22H35N5O3S. The lowest BCUT2D eigenvalue weighted by atomic mass is 9.87. The summed E-state index contributed by atoms with van der Waals surface area (Å²) in [4.78, 5) is 4.72. The first-order chi connectivity index (χ1) is 14.3. The van der Waals surface area contributed by atoms with Crippen LogP contribution in [-0.2, 0) is 27.9 Å². The molecule has 31 heavy (non-hydrogen) atoms. The Labute approximate surface area is 185 Å². The molecule has 1 aromatic carbocycles. The maximum atomic E-state index is 12.7. The van der Waals surface area contributed by atoms with E-state index >= 15 is 0 Å². The van der Waals surface area contributed by atoms with Crippen molar-refractivity contribution in [1.29, 1.82) is 0 Å². The normalized spacial score (nSPS) is 14.9. The van der Waals surface area contributed by atoms with Crippen molar-refractivity contribution in [2.24, 2.45) is 12.0 Å². The van der Waals surface area contributed by atoms with Gasteiger partial charge in [-0.1, -0.05) is 32.9 Å². The molecule has 0 amide bonds. The van der Waals surface area contributed by atoms with Gasteiger partial charge in [-0.2, -0.15) is 5.10 Å². The van der Waals surface area contributed by atoms with E-state index in [1.54, 1.807) is 43.2 Å². The average Bonchev–Trinajstić information content (AvgIpc) is 3.13. The van der Waals surface area contributed by atoms with Gasteiger partial charge in [-0.3, -0.25) is 4.68 Å². The highest BCUT2D eigenvalue weighted by Crippen LogP contribution is 2.23. The predicted octanol–water partition coefficient (Wildman–Crippen LogP) is 1.95. The van der Waals surface area contributed by atoms with Crippen LogP contribution < -0.4 is 10.6 Å². The first-order valence-electron chi connectivity index (χ1n) is 10.4. The summed E-state index contributed by atoms with van der Waals surface area (Å²) in [6.07, 6.45) is 3.35. The van der Waals surface area contributed by atoms with Crippen LogP contribution in [0.3, 0.4) is 0 Å². The molecule has 0 radical (unpaired) electrons. The highest BCUT2D eigenvalue weighted by atomic mass is 32.2. The van der Waals surface area contributed by atoms with Crippen LogP contribution in [0.15, 0.2) is 46.5 Å². The number of guanidine groups is 1. The summed E-state index contributed by atoms with van der Waals surface area (Å²) in [6, 6.07) is 7.07. The van der Waals surface area contributed by atoms with Crippen molar-refractivity contribution in [2.75, 3.05) is 25.4 Å². The molecule has 1 aromatic heterocycles. The second kappa shape index (κ2) is 9.82. The minimum absolute atomic E-state index is 0.0297. The van der Waals surface area contributed by atoms with Crippen LogP contribution in [-0.4, -0.2) is 54.7 Å². The zero-order valence-electron chi connectivity index (χ0n) is 19.3. The van der Waals surface area contributed by atoms with Gasteiger partial charge in [0.1, 0.15) is 5.60 Å². The summed E-state index contributed by atoms with van der Waals surface area (Å²) in [6.45, 7) is 10.8. The van der Waals surface area contributed by atoms with Crippen molar-refractivity contribution < 1.29 is 13.5 Å². The maximum Gasteiger partial charge on any atom is 0.191 e. The van der Waals surface area contributed by atoms with Crippen molar-refractivity contribution in [2.45, 2.75) is 50.5 Å². The van der Waals surface area contributed by atoms with E-state index in [0.717, 1.165) is 5.56 Å². The molecule has 1 unspecified atom stereocenters. The molecule has 0 bridgehead atoms. The fraction of sp³-hybridized carbons (Fsp3) is 0.545. The number of hydrogen-bond acceptors (Lipinski definition) is 5. The van der Waals surface area contributed by atoms with Crippen molar-refractivity contribution in [3.8, 4) is 0 Å². The Hall–Kier alpha value is -2.39. The smallest absolute Gasteiger partial charge is 0.191 e. The molecule has 1 atom stereocenters. The second-order valence-electron chi connectivity index (χ2n) is 8.89. The van der Waals surface area contributed by atoms with Gasteiger partial charge in [0.15, 0.2) is 15.8 Å². The number of sulfone groups is 1. The third-order valence-corrected chi connectivity index (χ3v) is 6.69. The van der Waals surface area contributed by atoms with Crippen molar-refractivity contribution in [1.82, 2.24) is 20.4 Å². The van der Waals surface area contributed by atoms with Crippen molar-refractivity contribution in [3.63, 3.8) is 0 Å². The average molecular weight is 450 g/mol. The largest absolute Gasteiger partial charge is 0.383 e. The molecule has 8 nitrogen and oxygen atoms in total. The molecule has 0 aliphatic rings. The summed E-state index contributed by atoms with van der Waals surface area (Å²) in [5.74, 6) is 0.385. The number of aryl methyl sites for hydroxylation is 1. The van der Waals surface area contributed by atoms with Gasteiger partial charge < -0.3 is 15.7 Å². The molecule has 1 heterocycles. The molecule has 2 aromatic rings. The van der Waals surface area contributed by atoms with Crippen LogP contribution in [0.5, 0.6) is 0 Å². The fourth-order valence-electron chi connectivity index (χ4n) is 2.95. The summed E-state index contributed by atoms with van der Waals surface area (Å²) in [5, 5.41) is 20.9. The summed E-state index contributed by atoms with van der Waals surface area (Å²) < 4.78 is 27.0. The van der Waals surface area contributed by atoms with E-state index in [2.05, 4.69) is 41.5 Å². The molecule has 0 aliphatic carbocycles. The lowest BCUT2D eigenvalue weighted by Crippen LogP contribution is -2.40. The van der Waals surface area contributed by atoms with Crippen molar-refractivity contribution >= 4 is 15.8 Å². The number of nitrogens with one attached hydrogen (secondary N) is 2. The van der Waals surface area contributed by atoms with E-state index in [-0.39, 0.29) is 24.3 Å². The number of aliphatic hydroxyl groups is 1. The Balaban J connectivity index is 2.00. The van der Waals surface area contributed by atoms with Crippen LogP contribution in [0, 0.1) is 0 Å². The molecule has 3 N–H and O–H groups in total. The van der Waals surface area contributed by atoms with E-state index < -0.39 is 15.4 Å². The van der Waals surface area contributed by atoms with Gasteiger partial charge in [-0.25, -0.2) is 13.4 Å². The fourth-order valence-corrected chi connectivity index (χ4v) is 4.11. The van der Waals surface area contributed by atoms with Crippen LogP contribution in [0.25, 0.3) is 0 Å². The van der Waals surface area contributed by atoms with E-state index in [0.29, 0.717) is 23.0 Å². The second-order valence-corrected chi connectivity index (χ2v) is 11.0. The van der Waals surface area contributed by atoms with Gasteiger partial charge in [0.25, 0.3) is 0 Å². The lowest BCUT2D eigenvalue weighted by Gasteiger charge is -2.20. The summed E-state index contributed by atoms with van der Waals surface area (Å²) >= 11 is 0. The number of aliphatic imine (C=N–C) groups is 1. The summed E-state index contributed by atoms with van der Waals surface area (Å²) in [5.41, 5.74) is 0.540. The number of benzene rings is 1. The minimum Gasteiger partial charge on any atom is -0.383 e. The zero-order chi connectivity index (χ0) is 23.3. The van der Waals surface area contributed by atoms with Gasteiger partial charge in [-0.15, -0.1) is 0 Å². The van der Waals surface area contributed by atoms with Gasteiger partial charge in [0.05, 0.1) is 23.4 Å². The highest BCUT2D eigenvalue weighted by Gasteiger charge is 2.24. The summed E-state index contributed by atoms with van der Waals surface area (Å²) in [7, 11) is -1.64. The van der Waals surface area contributed by atoms with Gasteiger partial charge >= 0.3 is 0 Å². The van der Waals surface area contributed by atoms with Crippen molar-refractivity contribution in [3.05, 3.63) is 47.8 Å². The van der Waals surface area contributed by atoms with Crippen LogP contribution >= 0.6 is 0 Å². The molecular weight excluding hydrogens is 414 g/mol. The Bertz CT molecular complexity index is 987. The van der Waals surface area contributed by atoms with Crippen LogP contribution in [0.2, 0.25) is 0 Å². The number of nitrogens with zero attached hydrogens (tertiary/aromatic N) is 3. The Morgan fingerprint density at radius 2 is 1.77 bits per heavy atom. The lowest BCUT2D eigenvalue weighted by molar-refractivity contribution is 0.0672. The third kappa shape index (κ3) is 7.07. The Morgan fingerprint density at radius 3 is 2.29 bits per heavy atom. The van der Waals surface area contributed by atoms with E-state index in [9.17, 15) is 13.5 Å². The Kier molecular flexibility index (Phi) is 7.88. The quantitative estimate of drug-likeness (QED) is 0.420. The van der Waals surface area contributed by atoms with Gasteiger partial charge in [0, 0.05) is 31.9 Å². The molecule has 0 spiro atoms. The van der Waals surface area contributed by atoms with E-state index in [1.807, 2.05) is 19.1 Å². The third-order valence-electron chi connectivity index (χ3n) is 4.96. The SMILES string of the molecule is CCNC(=NCC(C)(O)c1cnn(C)c1)NCCS(=O)(=O)c1ccc(C(C)(C)C)cc1. The molecule has 172 valence electrons. The number of hydrogen-bond donors (Lipinski definition) is 3. The predicted molar refractivity (Wildman–Crippen MR) is 124 cm³/mol. The molecule has 0 fully saturated rings. The van der Waals surface area contributed by atoms with Crippen LogP contribution in [0.1, 0.15) is 45.7 Å². The maximum absolute atomic E-state index is 12.7. The molecule has 0 saturated carbocycles. The van der Waals surface area contributed by atoms with E-state index in [1.165, 1.54) is 0 Å². The topological polar surface area (TPSA) is 109 Å².